The number of benzene rings is 2. The minimum atomic E-state index is -0.661. The molecule has 6 nitrogen and oxygen atoms in total. The van der Waals surface area contributed by atoms with Gasteiger partial charge in [0.05, 0.1) is 12.7 Å². The molecule has 2 aromatic carbocycles. The number of esters is 2. The van der Waals surface area contributed by atoms with Gasteiger partial charge in [0.25, 0.3) is 5.91 Å². The molecule has 0 unspecified atom stereocenters. The Morgan fingerprint density at radius 1 is 1.04 bits per heavy atom. The number of rotatable bonds is 8. The van der Waals surface area contributed by atoms with Gasteiger partial charge in [0.2, 0.25) is 0 Å². The molecule has 0 fully saturated rings. The quantitative estimate of drug-likeness (QED) is 0.558. The third-order valence-electron chi connectivity index (χ3n) is 3.74. The fourth-order valence-corrected chi connectivity index (χ4v) is 2.25. The van der Waals surface area contributed by atoms with E-state index in [4.69, 9.17) is 4.74 Å². The molecule has 0 aliphatic rings. The Balaban J connectivity index is 1.69. The maximum atomic E-state index is 12.8. The second-order valence-corrected chi connectivity index (χ2v) is 5.78. The number of hydrogen-bond acceptors (Lipinski definition) is 5. The van der Waals surface area contributed by atoms with E-state index in [1.807, 2.05) is 0 Å². The minimum Gasteiger partial charge on any atom is -0.465 e. The molecular formula is C21H20FNO5. The molecule has 28 heavy (non-hydrogen) atoms. The van der Waals surface area contributed by atoms with Crippen molar-refractivity contribution in [3.05, 3.63) is 77.1 Å². The van der Waals surface area contributed by atoms with Crippen molar-refractivity contribution in [3.63, 3.8) is 0 Å². The summed E-state index contributed by atoms with van der Waals surface area (Å²) in [6.07, 6.45) is 3.25. The lowest BCUT2D eigenvalue weighted by molar-refractivity contribution is -0.143. The van der Waals surface area contributed by atoms with Gasteiger partial charge >= 0.3 is 11.9 Å². The summed E-state index contributed by atoms with van der Waals surface area (Å²) < 4.78 is 22.3. The monoisotopic (exact) mass is 385 g/mol. The summed E-state index contributed by atoms with van der Waals surface area (Å²) in [5, 5.41) is 2.62. The highest BCUT2D eigenvalue weighted by Gasteiger charge is 2.06. The average molecular weight is 385 g/mol. The van der Waals surface area contributed by atoms with E-state index in [1.54, 1.807) is 36.4 Å². The highest BCUT2D eigenvalue weighted by Crippen LogP contribution is 2.07. The van der Waals surface area contributed by atoms with Crippen molar-refractivity contribution in [1.29, 1.82) is 0 Å². The molecule has 0 aromatic heterocycles. The van der Waals surface area contributed by atoms with Crippen molar-refractivity contribution in [2.24, 2.45) is 0 Å². The van der Waals surface area contributed by atoms with Crippen molar-refractivity contribution >= 4 is 23.9 Å². The van der Waals surface area contributed by atoms with Crippen molar-refractivity contribution < 1.29 is 28.2 Å². The van der Waals surface area contributed by atoms with E-state index in [9.17, 15) is 18.8 Å². The van der Waals surface area contributed by atoms with Crippen LogP contribution in [-0.4, -0.2) is 38.1 Å². The molecule has 0 spiro atoms. The van der Waals surface area contributed by atoms with E-state index in [0.717, 1.165) is 5.56 Å². The lowest BCUT2D eigenvalue weighted by Gasteiger charge is -2.05. The Labute approximate surface area is 162 Å². The zero-order chi connectivity index (χ0) is 20.4. The summed E-state index contributed by atoms with van der Waals surface area (Å²) in [6.45, 7) is -0.0434. The van der Waals surface area contributed by atoms with Gasteiger partial charge in [0, 0.05) is 12.6 Å². The molecule has 0 saturated heterocycles. The summed E-state index contributed by atoms with van der Waals surface area (Å²) in [7, 11) is 1.30. The topological polar surface area (TPSA) is 81.7 Å². The third kappa shape index (κ3) is 7.03. The molecule has 1 amide bonds. The first-order valence-corrected chi connectivity index (χ1v) is 8.52. The number of methoxy groups -OCH3 is 1. The van der Waals surface area contributed by atoms with E-state index < -0.39 is 24.5 Å². The molecular weight excluding hydrogens is 365 g/mol. The van der Waals surface area contributed by atoms with E-state index in [2.05, 4.69) is 10.1 Å². The molecule has 2 aromatic rings. The molecule has 0 radical (unpaired) electrons. The SMILES string of the molecule is COC(=O)c1ccc(/C=C/C(=O)OCC(=O)NCCc2ccc(F)cc2)cc1. The molecule has 0 aliphatic carbocycles. The van der Waals surface area contributed by atoms with E-state index in [1.165, 1.54) is 31.4 Å². The summed E-state index contributed by atoms with van der Waals surface area (Å²) in [6, 6.07) is 12.4. The zero-order valence-corrected chi connectivity index (χ0v) is 15.3. The van der Waals surface area contributed by atoms with Crippen LogP contribution in [0.1, 0.15) is 21.5 Å². The van der Waals surface area contributed by atoms with Gasteiger partial charge in [-0.2, -0.15) is 0 Å². The zero-order valence-electron chi connectivity index (χ0n) is 15.3. The highest BCUT2D eigenvalue weighted by atomic mass is 19.1. The number of carbonyl (C=O) groups excluding carboxylic acids is 3. The highest BCUT2D eigenvalue weighted by molar-refractivity contribution is 5.91. The van der Waals surface area contributed by atoms with Gasteiger partial charge in [-0.3, -0.25) is 4.79 Å². The van der Waals surface area contributed by atoms with Crippen molar-refractivity contribution in [3.8, 4) is 0 Å². The Morgan fingerprint density at radius 2 is 1.71 bits per heavy atom. The number of amides is 1. The summed E-state index contributed by atoms with van der Waals surface area (Å²) in [4.78, 5) is 34.7. The van der Waals surface area contributed by atoms with Gasteiger partial charge in [0.15, 0.2) is 6.61 Å². The third-order valence-corrected chi connectivity index (χ3v) is 3.74. The molecule has 0 heterocycles. The molecule has 146 valence electrons. The summed E-state index contributed by atoms with van der Waals surface area (Å²) in [5.41, 5.74) is 1.98. The van der Waals surface area contributed by atoms with E-state index in [0.29, 0.717) is 24.1 Å². The van der Waals surface area contributed by atoms with Gasteiger partial charge in [-0.1, -0.05) is 24.3 Å². The smallest absolute Gasteiger partial charge is 0.337 e. The molecule has 0 saturated carbocycles. The van der Waals surface area contributed by atoms with Crippen molar-refractivity contribution in [1.82, 2.24) is 5.32 Å². The first-order chi connectivity index (χ1) is 13.5. The van der Waals surface area contributed by atoms with E-state index in [-0.39, 0.29) is 5.82 Å². The van der Waals surface area contributed by atoms with Crippen LogP contribution in [0.25, 0.3) is 6.08 Å². The number of halogens is 1. The minimum absolute atomic E-state index is 0.313. The molecule has 0 bridgehead atoms. The molecule has 7 heteroatoms. The first-order valence-electron chi connectivity index (χ1n) is 8.52. The number of nitrogens with one attached hydrogen (secondary N) is 1. The van der Waals surface area contributed by atoms with Crippen LogP contribution < -0.4 is 5.32 Å². The second-order valence-electron chi connectivity index (χ2n) is 5.78. The average Bonchev–Trinajstić information content (AvgIpc) is 2.72. The van der Waals surface area contributed by atoms with Crippen LogP contribution in [0.4, 0.5) is 4.39 Å². The van der Waals surface area contributed by atoms with Crippen LogP contribution in [0.15, 0.2) is 54.6 Å². The lowest BCUT2D eigenvalue weighted by atomic mass is 10.1. The maximum Gasteiger partial charge on any atom is 0.337 e. The molecule has 0 atom stereocenters. The second kappa shape index (κ2) is 10.6. The Kier molecular flexibility index (Phi) is 7.90. The van der Waals surface area contributed by atoms with Crippen LogP contribution >= 0.6 is 0 Å². The van der Waals surface area contributed by atoms with Gasteiger partial charge in [-0.25, -0.2) is 14.0 Å². The fourth-order valence-electron chi connectivity index (χ4n) is 2.25. The molecule has 2 rings (SSSR count). The number of carbonyl (C=O) groups is 3. The summed E-state index contributed by atoms with van der Waals surface area (Å²) >= 11 is 0. The van der Waals surface area contributed by atoms with Crippen LogP contribution in [0.2, 0.25) is 0 Å². The van der Waals surface area contributed by atoms with Crippen molar-refractivity contribution in [2.75, 3.05) is 20.3 Å². The molecule has 1 N–H and O–H groups in total. The van der Waals surface area contributed by atoms with Crippen molar-refractivity contribution in [2.45, 2.75) is 6.42 Å². The van der Waals surface area contributed by atoms with Crippen LogP contribution in [0, 0.1) is 5.82 Å². The predicted octanol–water partition coefficient (Wildman–Crippen LogP) is 2.53. The van der Waals surface area contributed by atoms with Crippen LogP contribution in [0.3, 0.4) is 0 Å². The van der Waals surface area contributed by atoms with Gasteiger partial charge in [-0.05, 0) is 47.9 Å². The predicted molar refractivity (Wildman–Crippen MR) is 101 cm³/mol. The Morgan fingerprint density at radius 3 is 2.36 bits per heavy atom. The van der Waals surface area contributed by atoms with Crippen LogP contribution in [0.5, 0.6) is 0 Å². The van der Waals surface area contributed by atoms with Gasteiger partial charge < -0.3 is 14.8 Å². The van der Waals surface area contributed by atoms with Crippen LogP contribution in [-0.2, 0) is 25.5 Å². The van der Waals surface area contributed by atoms with E-state index >= 15 is 0 Å². The number of ether oxygens (including phenoxy) is 2. The standard InChI is InChI=1S/C21H20FNO5/c1-27-21(26)17-7-2-15(3-8-17)6-11-20(25)28-14-19(24)23-13-12-16-4-9-18(22)10-5-16/h2-11H,12-14H2,1H3,(H,23,24)/b11-6+. The lowest BCUT2D eigenvalue weighted by Crippen LogP contribution is -2.30. The first kappa shape index (κ1) is 20.8. The Bertz CT molecular complexity index is 844. The fraction of sp³-hybridized carbons (Fsp3) is 0.190. The summed E-state index contributed by atoms with van der Waals surface area (Å²) in [5.74, 6) is -1.84. The maximum absolute atomic E-state index is 12.8. The largest absolute Gasteiger partial charge is 0.465 e. The Hall–Kier alpha value is -3.48. The van der Waals surface area contributed by atoms with Gasteiger partial charge in [-0.15, -0.1) is 0 Å². The normalized spacial score (nSPS) is 10.5. The van der Waals surface area contributed by atoms with Gasteiger partial charge in [0.1, 0.15) is 5.82 Å². The number of hydrogen-bond donors (Lipinski definition) is 1. The molecule has 0 aliphatic heterocycles.